The summed E-state index contributed by atoms with van der Waals surface area (Å²) < 4.78 is 5.34. The van der Waals surface area contributed by atoms with Crippen LogP contribution in [-0.2, 0) is 0 Å². The Labute approximate surface area is 96.3 Å². The first-order valence-corrected chi connectivity index (χ1v) is 4.68. The number of halogens is 1. The quantitative estimate of drug-likeness (QED) is 0.742. The molecule has 2 aromatic heterocycles. The molecular formula is C10H5ClN4O. The van der Waals surface area contributed by atoms with Crippen molar-refractivity contribution in [2.24, 2.45) is 0 Å². The number of pyridine rings is 1. The van der Waals surface area contributed by atoms with Crippen molar-refractivity contribution >= 4 is 11.6 Å². The lowest BCUT2D eigenvalue weighted by Crippen LogP contribution is -1.94. The third-order valence-corrected chi connectivity index (χ3v) is 1.91. The zero-order chi connectivity index (χ0) is 11.4. The highest BCUT2D eigenvalue weighted by Gasteiger charge is 2.06. The number of ether oxygens (including phenoxy) is 1. The summed E-state index contributed by atoms with van der Waals surface area (Å²) in [7, 11) is 0. The van der Waals surface area contributed by atoms with Crippen LogP contribution in [0.25, 0.3) is 0 Å². The molecule has 0 aromatic carbocycles. The van der Waals surface area contributed by atoms with E-state index in [0.29, 0.717) is 10.9 Å². The van der Waals surface area contributed by atoms with Gasteiger partial charge < -0.3 is 4.74 Å². The predicted molar refractivity (Wildman–Crippen MR) is 56.1 cm³/mol. The van der Waals surface area contributed by atoms with E-state index in [4.69, 9.17) is 21.6 Å². The lowest BCUT2D eigenvalue weighted by atomic mass is 10.4. The van der Waals surface area contributed by atoms with Gasteiger partial charge >= 0.3 is 0 Å². The molecule has 2 rings (SSSR count). The number of hydrogen-bond acceptors (Lipinski definition) is 5. The van der Waals surface area contributed by atoms with E-state index in [2.05, 4.69) is 15.0 Å². The number of hydrogen-bond donors (Lipinski definition) is 0. The van der Waals surface area contributed by atoms with Crippen LogP contribution in [0.1, 0.15) is 5.69 Å². The Bertz CT molecular complexity index is 535. The number of aromatic nitrogens is 3. The molecule has 0 aliphatic carbocycles. The van der Waals surface area contributed by atoms with Crippen LogP contribution in [0.5, 0.6) is 11.6 Å². The zero-order valence-electron chi connectivity index (χ0n) is 7.96. The standard InChI is InChI=1S/C10H5ClN4O/c11-9-2-1-7(6-15-9)16-10-8(5-12)13-3-4-14-10/h1-4,6H. The average molecular weight is 233 g/mol. The van der Waals surface area contributed by atoms with Gasteiger partial charge in [-0.15, -0.1) is 0 Å². The Balaban J connectivity index is 2.27. The van der Waals surface area contributed by atoms with Gasteiger partial charge in [-0.1, -0.05) is 11.6 Å². The van der Waals surface area contributed by atoms with Crippen molar-refractivity contribution in [1.29, 1.82) is 5.26 Å². The maximum atomic E-state index is 8.77. The van der Waals surface area contributed by atoms with E-state index in [1.165, 1.54) is 18.6 Å². The smallest absolute Gasteiger partial charge is 0.256 e. The van der Waals surface area contributed by atoms with Crippen LogP contribution in [0.3, 0.4) is 0 Å². The topological polar surface area (TPSA) is 71.7 Å². The summed E-state index contributed by atoms with van der Waals surface area (Å²) in [4.78, 5) is 11.6. The third-order valence-electron chi connectivity index (χ3n) is 1.69. The van der Waals surface area contributed by atoms with Crippen LogP contribution in [-0.4, -0.2) is 15.0 Å². The summed E-state index contributed by atoms with van der Waals surface area (Å²) in [5.41, 5.74) is 0.123. The van der Waals surface area contributed by atoms with Crippen LogP contribution in [0, 0.1) is 11.3 Å². The highest BCUT2D eigenvalue weighted by molar-refractivity contribution is 6.29. The molecule has 0 fully saturated rings. The van der Waals surface area contributed by atoms with Gasteiger partial charge in [-0.3, -0.25) is 0 Å². The van der Waals surface area contributed by atoms with Crippen LogP contribution in [0.2, 0.25) is 5.15 Å². The summed E-state index contributed by atoms with van der Waals surface area (Å²) in [6.07, 6.45) is 4.31. The van der Waals surface area contributed by atoms with Crippen LogP contribution < -0.4 is 4.74 Å². The van der Waals surface area contributed by atoms with E-state index in [0.717, 1.165) is 0 Å². The van der Waals surface area contributed by atoms with Crippen LogP contribution >= 0.6 is 11.6 Å². The Morgan fingerprint density at radius 2 is 2.00 bits per heavy atom. The summed E-state index contributed by atoms with van der Waals surface area (Å²) in [5.74, 6) is 0.593. The zero-order valence-corrected chi connectivity index (χ0v) is 8.72. The summed E-state index contributed by atoms with van der Waals surface area (Å²) in [6, 6.07) is 5.09. The maximum Gasteiger partial charge on any atom is 0.256 e. The molecule has 0 saturated carbocycles. The van der Waals surface area contributed by atoms with Crippen molar-refractivity contribution < 1.29 is 4.74 Å². The lowest BCUT2D eigenvalue weighted by molar-refractivity contribution is 0.456. The van der Waals surface area contributed by atoms with Crippen molar-refractivity contribution in [2.75, 3.05) is 0 Å². The van der Waals surface area contributed by atoms with Gasteiger partial charge in [0, 0.05) is 12.4 Å². The second kappa shape index (κ2) is 4.55. The normalized spacial score (nSPS) is 9.50. The van der Waals surface area contributed by atoms with Crippen molar-refractivity contribution in [3.63, 3.8) is 0 Å². The van der Waals surface area contributed by atoms with E-state index in [9.17, 15) is 0 Å². The lowest BCUT2D eigenvalue weighted by Gasteiger charge is -2.03. The van der Waals surface area contributed by atoms with Gasteiger partial charge in [-0.2, -0.15) is 5.26 Å². The fraction of sp³-hybridized carbons (Fsp3) is 0. The largest absolute Gasteiger partial charge is 0.435 e. The highest BCUT2D eigenvalue weighted by Crippen LogP contribution is 2.20. The van der Waals surface area contributed by atoms with Gasteiger partial charge in [-0.05, 0) is 12.1 Å². The van der Waals surface area contributed by atoms with E-state index >= 15 is 0 Å². The summed E-state index contributed by atoms with van der Waals surface area (Å²) in [6.45, 7) is 0. The Morgan fingerprint density at radius 3 is 2.69 bits per heavy atom. The first-order chi connectivity index (χ1) is 7.79. The van der Waals surface area contributed by atoms with Gasteiger partial charge in [0.25, 0.3) is 5.88 Å². The first-order valence-electron chi connectivity index (χ1n) is 4.30. The molecule has 0 amide bonds. The van der Waals surface area contributed by atoms with Crippen LogP contribution in [0.4, 0.5) is 0 Å². The number of rotatable bonds is 2. The van der Waals surface area contributed by atoms with Crippen molar-refractivity contribution in [3.8, 4) is 17.7 Å². The summed E-state index contributed by atoms with van der Waals surface area (Å²) >= 11 is 5.63. The van der Waals surface area contributed by atoms with E-state index < -0.39 is 0 Å². The minimum absolute atomic E-state index is 0.123. The minimum atomic E-state index is 0.123. The fourth-order valence-electron chi connectivity index (χ4n) is 1.01. The monoisotopic (exact) mass is 232 g/mol. The fourth-order valence-corrected chi connectivity index (χ4v) is 1.12. The highest BCUT2D eigenvalue weighted by atomic mass is 35.5. The second-order valence-electron chi connectivity index (χ2n) is 2.74. The number of nitriles is 1. The molecule has 5 nitrogen and oxygen atoms in total. The first kappa shape index (κ1) is 10.3. The van der Waals surface area contributed by atoms with E-state index in [1.54, 1.807) is 12.1 Å². The van der Waals surface area contributed by atoms with Gasteiger partial charge in [0.2, 0.25) is 5.69 Å². The molecule has 2 heterocycles. The molecule has 0 N–H and O–H groups in total. The molecule has 0 aliphatic heterocycles. The maximum absolute atomic E-state index is 8.77. The van der Waals surface area contributed by atoms with Crippen molar-refractivity contribution in [2.45, 2.75) is 0 Å². The van der Waals surface area contributed by atoms with Crippen molar-refractivity contribution in [1.82, 2.24) is 15.0 Å². The van der Waals surface area contributed by atoms with Crippen molar-refractivity contribution in [3.05, 3.63) is 41.6 Å². The van der Waals surface area contributed by atoms with Crippen LogP contribution in [0.15, 0.2) is 30.7 Å². The number of nitrogens with zero attached hydrogens (tertiary/aromatic N) is 4. The molecule has 0 saturated heterocycles. The molecule has 0 aliphatic rings. The Morgan fingerprint density at radius 1 is 1.19 bits per heavy atom. The molecule has 78 valence electrons. The van der Waals surface area contributed by atoms with E-state index in [1.807, 2.05) is 6.07 Å². The Hall–Kier alpha value is -2.19. The Kier molecular flexibility index (Phi) is 2.94. The average Bonchev–Trinajstić information content (AvgIpc) is 2.33. The molecule has 16 heavy (non-hydrogen) atoms. The molecule has 6 heteroatoms. The SMILES string of the molecule is N#Cc1nccnc1Oc1ccc(Cl)nc1. The second-order valence-corrected chi connectivity index (χ2v) is 3.13. The van der Waals surface area contributed by atoms with E-state index in [-0.39, 0.29) is 11.6 Å². The van der Waals surface area contributed by atoms with Gasteiger partial charge in [0.1, 0.15) is 17.0 Å². The molecule has 2 aromatic rings. The molecule has 0 radical (unpaired) electrons. The minimum Gasteiger partial charge on any atom is -0.435 e. The van der Waals surface area contributed by atoms with Gasteiger partial charge in [0.05, 0.1) is 6.20 Å². The predicted octanol–water partition coefficient (Wildman–Crippen LogP) is 2.19. The molecular weight excluding hydrogens is 228 g/mol. The summed E-state index contributed by atoms with van der Waals surface area (Å²) in [5, 5.41) is 9.14. The molecule has 0 atom stereocenters. The van der Waals surface area contributed by atoms with Gasteiger partial charge in [0.15, 0.2) is 0 Å². The molecule has 0 unspecified atom stereocenters. The van der Waals surface area contributed by atoms with Gasteiger partial charge in [-0.25, -0.2) is 15.0 Å². The third kappa shape index (κ3) is 2.24. The molecule has 0 bridgehead atoms. The molecule has 0 spiro atoms.